The Morgan fingerprint density at radius 3 is 2.31 bits per heavy atom. The summed E-state index contributed by atoms with van der Waals surface area (Å²) in [6, 6.07) is 6.69. The predicted molar refractivity (Wildman–Crippen MR) is 111 cm³/mol. The highest BCUT2D eigenvalue weighted by Gasteiger charge is 2.41. The van der Waals surface area contributed by atoms with Crippen molar-refractivity contribution in [3.05, 3.63) is 65.5 Å². The number of carbonyl (C=O) groups is 1. The summed E-state index contributed by atoms with van der Waals surface area (Å²) < 4.78 is 56.5. The zero-order chi connectivity index (χ0) is 23.2. The van der Waals surface area contributed by atoms with Crippen LogP contribution in [-0.2, 0) is 16.9 Å². The van der Waals surface area contributed by atoms with Gasteiger partial charge in [-0.05, 0) is 44.2 Å². The molecule has 3 aromatic rings. The minimum absolute atomic E-state index is 0.167. The van der Waals surface area contributed by atoms with Gasteiger partial charge in [-0.2, -0.15) is 0 Å². The molecule has 4 rings (SSSR count). The van der Waals surface area contributed by atoms with Crippen LogP contribution in [0.1, 0.15) is 19.7 Å². The first-order valence-electron chi connectivity index (χ1n) is 9.92. The molecule has 0 bridgehead atoms. The van der Waals surface area contributed by atoms with E-state index in [1.165, 1.54) is 12.1 Å². The SMILES string of the molecule is CC1(C)c2nc(-c3ccc(F)c(F)c3)c(Nc3ccc(F)c(F)c3)n2CCN1C(=O)CN. The van der Waals surface area contributed by atoms with Gasteiger partial charge in [0.05, 0.1) is 12.1 Å². The first-order valence-corrected chi connectivity index (χ1v) is 9.92. The first kappa shape index (κ1) is 21.8. The topological polar surface area (TPSA) is 76.2 Å². The summed E-state index contributed by atoms with van der Waals surface area (Å²) in [6.45, 7) is 4.09. The van der Waals surface area contributed by atoms with Gasteiger partial charge >= 0.3 is 0 Å². The molecule has 2 aromatic carbocycles. The zero-order valence-corrected chi connectivity index (χ0v) is 17.4. The smallest absolute Gasteiger partial charge is 0.237 e. The molecular formula is C22H21F4N5O. The van der Waals surface area contributed by atoms with Crippen LogP contribution in [0.3, 0.4) is 0 Å². The van der Waals surface area contributed by atoms with Gasteiger partial charge in [-0.3, -0.25) is 4.79 Å². The van der Waals surface area contributed by atoms with Gasteiger partial charge in [0.2, 0.25) is 5.91 Å². The Bertz CT molecular complexity index is 1210. The van der Waals surface area contributed by atoms with E-state index in [0.717, 1.165) is 24.3 Å². The normalized spacial score (nSPS) is 14.9. The van der Waals surface area contributed by atoms with E-state index in [-0.39, 0.29) is 29.4 Å². The fourth-order valence-corrected chi connectivity index (χ4v) is 3.97. The minimum Gasteiger partial charge on any atom is -0.340 e. The average molecular weight is 447 g/mol. The minimum atomic E-state index is -1.05. The van der Waals surface area contributed by atoms with Gasteiger partial charge in [-0.1, -0.05) is 0 Å². The Labute approximate surface area is 181 Å². The molecule has 1 aliphatic heterocycles. The van der Waals surface area contributed by atoms with Crippen LogP contribution < -0.4 is 11.1 Å². The second-order valence-electron chi connectivity index (χ2n) is 7.98. The highest BCUT2D eigenvalue weighted by atomic mass is 19.2. The molecule has 6 nitrogen and oxygen atoms in total. The summed E-state index contributed by atoms with van der Waals surface area (Å²) in [5.41, 5.74) is 5.49. The number of nitrogens with two attached hydrogens (primary N) is 1. The lowest BCUT2D eigenvalue weighted by atomic mass is 9.99. The molecular weight excluding hydrogens is 426 g/mol. The summed E-state index contributed by atoms with van der Waals surface area (Å²) in [5, 5.41) is 3.03. The number of fused-ring (bicyclic) bond motifs is 1. The quantitative estimate of drug-likeness (QED) is 0.595. The highest BCUT2D eigenvalue weighted by Crippen LogP contribution is 2.39. The summed E-state index contributed by atoms with van der Waals surface area (Å²) in [4.78, 5) is 18.6. The molecule has 0 atom stereocenters. The van der Waals surface area contributed by atoms with Crippen molar-refractivity contribution >= 4 is 17.4 Å². The van der Waals surface area contributed by atoms with Crippen molar-refractivity contribution < 1.29 is 22.4 Å². The number of hydrogen-bond acceptors (Lipinski definition) is 4. The number of nitrogens with one attached hydrogen (secondary N) is 1. The fraction of sp³-hybridized carbons (Fsp3) is 0.273. The maximum atomic E-state index is 14.0. The van der Waals surface area contributed by atoms with Gasteiger partial charge in [0, 0.05) is 30.4 Å². The van der Waals surface area contributed by atoms with E-state index in [1.807, 2.05) is 0 Å². The van der Waals surface area contributed by atoms with Gasteiger partial charge in [-0.15, -0.1) is 0 Å². The molecule has 10 heteroatoms. The number of imidazole rings is 1. The molecule has 0 aliphatic carbocycles. The second kappa shape index (κ2) is 7.94. The summed E-state index contributed by atoms with van der Waals surface area (Å²) in [6.07, 6.45) is 0. The number of nitrogens with zero attached hydrogens (tertiary/aromatic N) is 3. The molecule has 1 aliphatic rings. The van der Waals surface area contributed by atoms with E-state index in [0.29, 0.717) is 24.7 Å². The van der Waals surface area contributed by atoms with Crippen molar-refractivity contribution in [2.75, 3.05) is 18.4 Å². The lowest BCUT2D eigenvalue weighted by molar-refractivity contribution is -0.137. The largest absolute Gasteiger partial charge is 0.340 e. The number of carbonyl (C=O) groups excluding carboxylic acids is 1. The van der Waals surface area contributed by atoms with Crippen molar-refractivity contribution in [3.8, 4) is 11.3 Å². The van der Waals surface area contributed by atoms with Crippen molar-refractivity contribution in [1.29, 1.82) is 0 Å². The lowest BCUT2D eigenvalue weighted by Gasteiger charge is -2.42. The van der Waals surface area contributed by atoms with Crippen LogP contribution in [-0.4, -0.2) is 33.4 Å². The fourth-order valence-electron chi connectivity index (χ4n) is 3.97. The standard InChI is InChI=1S/C22H21F4N5O/c1-22(2)21-29-19(12-3-5-14(23)16(25)9-12)20(28-13-4-6-15(24)17(26)10-13)30(21)7-8-31(22)18(32)11-27/h3-6,9-10,28H,7-8,11,27H2,1-2H3. The van der Waals surface area contributed by atoms with E-state index in [1.54, 1.807) is 23.3 Å². The van der Waals surface area contributed by atoms with Crippen molar-refractivity contribution in [2.24, 2.45) is 5.73 Å². The third kappa shape index (κ3) is 3.60. The van der Waals surface area contributed by atoms with Gasteiger partial charge in [0.25, 0.3) is 0 Å². The monoisotopic (exact) mass is 447 g/mol. The molecule has 0 spiro atoms. The van der Waals surface area contributed by atoms with Crippen LogP contribution in [0, 0.1) is 23.3 Å². The van der Waals surface area contributed by atoms with Crippen LogP contribution in [0.2, 0.25) is 0 Å². The molecule has 0 radical (unpaired) electrons. The second-order valence-corrected chi connectivity index (χ2v) is 7.98. The van der Waals surface area contributed by atoms with Crippen molar-refractivity contribution in [1.82, 2.24) is 14.5 Å². The Kier molecular flexibility index (Phi) is 5.41. The number of hydrogen-bond donors (Lipinski definition) is 2. The third-order valence-corrected chi connectivity index (χ3v) is 5.59. The lowest BCUT2D eigenvalue weighted by Crippen LogP contribution is -2.53. The van der Waals surface area contributed by atoms with Gasteiger partial charge in [0.1, 0.15) is 17.3 Å². The molecule has 3 N–H and O–H groups in total. The molecule has 0 unspecified atom stereocenters. The van der Waals surface area contributed by atoms with E-state index in [2.05, 4.69) is 10.3 Å². The van der Waals surface area contributed by atoms with Crippen LogP contribution >= 0.6 is 0 Å². The Morgan fingerprint density at radius 1 is 1.03 bits per heavy atom. The van der Waals surface area contributed by atoms with Crippen LogP contribution in [0.15, 0.2) is 36.4 Å². The molecule has 0 saturated carbocycles. The number of halogens is 4. The van der Waals surface area contributed by atoms with Crippen LogP contribution in [0.5, 0.6) is 0 Å². The number of anilines is 2. The summed E-state index contributed by atoms with van der Waals surface area (Å²) >= 11 is 0. The number of rotatable bonds is 4. The average Bonchev–Trinajstić information content (AvgIpc) is 3.12. The maximum Gasteiger partial charge on any atom is 0.237 e. The highest BCUT2D eigenvalue weighted by molar-refractivity contribution is 5.80. The Hall–Kier alpha value is -3.40. The predicted octanol–water partition coefficient (Wildman–Crippen LogP) is 3.89. The van der Waals surface area contributed by atoms with Gasteiger partial charge in [-0.25, -0.2) is 22.5 Å². The van der Waals surface area contributed by atoms with Crippen molar-refractivity contribution in [2.45, 2.75) is 25.9 Å². The molecule has 32 heavy (non-hydrogen) atoms. The molecule has 168 valence electrons. The molecule has 2 heterocycles. The van der Waals surface area contributed by atoms with E-state index in [4.69, 9.17) is 5.73 Å². The first-order chi connectivity index (χ1) is 15.1. The molecule has 0 fully saturated rings. The number of amides is 1. The maximum absolute atomic E-state index is 14.0. The summed E-state index contributed by atoms with van der Waals surface area (Å²) in [5.74, 6) is -3.49. The third-order valence-electron chi connectivity index (χ3n) is 5.59. The molecule has 1 aromatic heterocycles. The number of benzene rings is 2. The van der Waals surface area contributed by atoms with Gasteiger partial charge < -0.3 is 20.5 Å². The zero-order valence-electron chi connectivity index (χ0n) is 17.4. The van der Waals surface area contributed by atoms with Gasteiger partial charge in [0.15, 0.2) is 23.3 Å². The van der Waals surface area contributed by atoms with E-state index in [9.17, 15) is 22.4 Å². The van der Waals surface area contributed by atoms with Crippen LogP contribution in [0.4, 0.5) is 29.1 Å². The number of aromatic nitrogens is 2. The van der Waals surface area contributed by atoms with Crippen LogP contribution in [0.25, 0.3) is 11.3 Å². The van der Waals surface area contributed by atoms with E-state index >= 15 is 0 Å². The molecule has 0 saturated heterocycles. The Morgan fingerprint density at radius 2 is 1.69 bits per heavy atom. The Balaban J connectivity index is 1.89. The molecule has 1 amide bonds. The van der Waals surface area contributed by atoms with Crippen molar-refractivity contribution in [3.63, 3.8) is 0 Å². The summed E-state index contributed by atoms with van der Waals surface area (Å²) in [7, 11) is 0. The van der Waals surface area contributed by atoms with E-state index < -0.39 is 28.8 Å².